The molecule has 0 radical (unpaired) electrons. The second kappa shape index (κ2) is 7.51. The van der Waals surface area contributed by atoms with Gasteiger partial charge < -0.3 is 4.90 Å². The van der Waals surface area contributed by atoms with Crippen LogP contribution in [0.3, 0.4) is 0 Å². The number of H-pyrrole nitrogens is 1. The van der Waals surface area contributed by atoms with Gasteiger partial charge in [-0.25, -0.2) is 0 Å². The Morgan fingerprint density at radius 3 is 2.28 bits per heavy atom. The molecule has 0 fully saturated rings. The number of para-hydroxylation sites is 1. The van der Waals surface area contributed by atoms with Crippen LogP contribution in [0.25, 0.3) is 22.5 Å². The maximum atomic E-state index is 4.46. The van der Waals surface area contributed by atoms with E-state index in [1.165, 1.54) is 16.8 Å². The van der Waals surface area contributed by atoms with Crippen molar-refractivity contribution in [2.45, 2.75) is 46.7 Å². The predicted molar refractivity (Wildman–Crippen MR) is 105 cm³/mol. The van der Waals surface area contributed by atoms with E-state index in [0.29, 0.717) is 6.04 Å². The monoisotopic (exact) mass is 334 g/mol. The van der Waals surface area contributed by atoms with Gasteiger partial charge in [0.15, 0.2) is 0 Å². The minimum absolute atomic E-state index is 0.456. The molecule has 1 N–H and O–H groups in total. The van der Waals surface area contributed by atoms with Crippen LogP contribution < -0.4 is 4.90 Å². The second-order valence-electron chi connectivity index (χ2n) is 6.08. The van der Waals surface area contributed by atoms with Gasteiger partial charge in [-0.05, 0) is 25.0 Å². The topological polar surface area (TPSA) is 44.8 Å². The van der Waals surface area contributed by atoms with Crippen LogP contribution in [0.5, 0.6) is 0 Å². The van der Waals surface area contributed by atoms with Gasteiger partial charge in [-0.1, -0.05) is 63.2 Å². The van der Waals surface area contributed by atoms with Crippen LogP contribution in [-0.2, 0) is 6.54 Å². The molecular weight excluding hydrogens is 308 g/mol. The van der Waals surface area contributed by atoms with Gasteiger partial charge in [-0.2, -0.15) is 15.4 Å². The minimum atomic E-state index is 0.456. The lowest BCUT2D eigenvalue weighted by molar-refractivity contribution is 0.615. The molecule has 4 rings (SSSR count). The summed E-state index contributed by atoms with van der Waals surface area (Å²) >= 11 is 0. The van der Waals surface area contributed by atoms with Crippen molar-refractivity contribution in [3.05, 3.63) is 54.1 Å². The molecule has 0 bridgehead atoms. The van der Waals surface area contributed by atoms with Crippen LogP contribution in [0.4, 0.5) is 5.69 Å². The van der Waals surface area contributed by atoms with Crippen LogP contribution in [-0.4, -0.2) is 21.5 Å². The zero-order valence-corrected chi connectivity index (χ0v) is 15.5. The Morgan fingerprint density at radius 1 is 0.960 bits per heavy atom. The molecule has 1 aromatic heterocycles. The fraction of sp³-hybridized carbons (Fsp3) is 0.333. The molecular formula is C21H26N4. The molecule has 0 spiro atoms. The summed E-state index contributed by atoms with van der Waals surface area (Å²) in [5, 5.41) is 11.7. The van der Waals surface area contributed by atoms with Crippen molar-refractivity contribution in [2.24, 2.45) is 0 Å². The second-order valence-corrected chi connectivity index (χ2v) is 6.08. The summed E-state index contributed by atoms with van der Waals surface area (Å²) in [6, 6.07) is 17.4. The highest BCUT2D eigenvalue weighted by Gasteiger charge is 2.26. The van der Waals surface area contributed by atoms with Crippen molar-refractivity contribution in [3.8, 4) is 22.5 Å². The van der Waals surface area contributed by atoms with Crippen LogP contribution >= 0.6 is 0 Å². The van der Waals surface area contributed by atoms with Crippen LogP contribution in [0.2, 0.25) is 0 Å². The molecule has 0 saturated carbocycles. The molecule has 2 aromatic carbocycles. The average molecular weight is 334 g/mol. The van der Waals surface area contributed by atoms with Gasteiger partial charge in [0.05, 0.1) is 0 Å². The highest BCUT2D eigenvalue weighted by atomic mass is 15.3. The zero-order valence-electron chi connectivity index (χ0n) is 15.5. The van der Waals surface area contributed by atoms with Gasteiger partial charge in [0.25, 0.3) is 0 Å². The first-order valence-electron chi connectivity index (χ1n) is 9.14. The summed E-state index contributed by atoms with van der Waals surface area (Å²) in [7, 11) is 0. The standard InChI is InChI=1S/C19H20N4.C2H6/c1-3-13(2)23-12-14-8-4-5-9-15(14)18-19(21-22-20-18)16-10-6-7-11-17(16)23;1-2/h4-11,13H,3,12H2,1-2H3,(H,20,21,22);1-2H3. The highest BCUT2D eigenvalue weighted by molar-refractivity contribution is 5.87. The fourth-order valence-electron chi connectivity index (χ4n) is 3.30. The number of benzene rings is 2. The molecule has 0 saturated heterocycles. The fourth-order valence-corrected chi connectivity index (χ4v) is 3.30. The Balaban J connectivity index is 0.000000880. The molecule has 4 nitrogen and oxygen atoms in total. The zero-order chi connectivity index (χ0) is 17.8. The van der Waals surface area contributed by atoms with E-state index in [-0.39, 0.29) is 0 Å². The van der Waals surface area contributed by atoms with Gasteiger partial charge in [0.1, 0.15) is 11.4 Å². The molecule has 2 heterocycles. The third kappa shape index (κ3) is 3.04. The number of rotatable bonds is 2. The number of anilines is 1. The Kier molecular flexibility index (Phi) is 5.17. The summed E-state index contributed by atoms with van der Waals surface area (Å²) in [5.74, 6) is 0. The maximum absolute atomic E-state index is 4.46. The molecule has 130 valence electrons. The Labute approximate surface area is 149 Å². The summed E-state index contributed by atoms with van der Waals surface area (Å²) in [4.78, 5) is 2.48. The quantitative estimate of drug-likeness (QED) is 0.693. The third-order valence-corrected chi connectivity index (χ3v) is 4.75. The van der Waals surface area contributed by atoms with Crippen molar-refractivity contribution < 1.29 is 0 Å². The van der Waals surface area contributed by atoms with Crippen molar-refractivity contribution in [1.82, 2.24) is 15.4 Å². The van der Waals surface area contributed by atoms with Crippen molar-refractivity contribution in [3.63, 3.8) is 0 Å². The number of nitrogens with one attached hydrogen (secondary N) is 1. The van der Waals surface area contributed by atoms with Crippen molar-refractivity contribution in [2.75, 3.05) is 4.90 Å². The number of fused-ring (bicyclic) bond motifs is 5. The molecule has 1 aliphatic rings. The van der Waals surface area contributed by atoms with Crippen LogP contribution in [0.1, 0.15) is 39.7 Å². The largest absolute Gasteiger partial charge is 0.364 e. The van der Waals surface area contributed by atoms with E-state index in [1.54, 1.807) is 0 Å². The Morgan fingerprint density at radius 2 is 1.56 bits per heavy atom. The van der Waals surface area contributed by atoms with E-state index in [4.69, 9.17) is 0 Å². The number of hydrogen-bond donors (Lipinski definition) is 1. The van der Waals surface area contributed by atoms with Gasteiger partial charge in [0.2, 0.25) is 0 Å². The van der Waals surface area contributed by atoms with E-state index >= 15 is 0 Å². The normalized spacial score (nSPS) is 13.4. The molecule has 25 heavy (non-hydrogen) atoms. The minimum Gasteiger partial charge on any atom is -0.364 e. The molecule has 1 aliphatic heterocycles. The average Bonchev–Trinajstić information content (AvgIpc) is 3.15. The summed E-state index contributed by atoms with van der Waals surface area (Å²) in [6.07, 6.45) is 1.10. The highest BCUT2D eigenvalue weighted by Crippen LogP contribution is 2.40. The number of hydrogen-bond acceptors (Lipinski definition) is 3. The van der Waals surface area contributed by atoms with E-state index in [1.807, 2.05) is 13.8 Å². The lowest BCUT2D eigenvalue weighted by Crippen LogP contribution is -2.33. The van der Waals surface area contributed by atoms with Crippen molar-refractivity contribution >= 4 is 5.69 Å². The summed E-state index contributed by atoms with van der Waals surface area (Å²) < 4.78 is 0. The summed E-state index contributed by atoms with van der Waals surface area (Å²) in [5.41, 5.74) is 6.70. The van der Waals surface area contributed by atoms with Crippen LogP contribution in [0, 0.1) is 0 Å². The summed E-state index contributed by atoms with van der Waals surface area (Å²) in [6.45, 7) is 9.40. The smallest absolute Gasteiger partial charge is 0.122 e. The first-order valence-corrected chi connectivity index (χ1v) is 9.14. The molecule has 1 atom stereocenters. The van der Waals surface area contributed by atoms with Crippen LogP contribution in [0.15, 0.2) is 48.5 Å². The maximum Gasteiger partial charge on any atom is 0.122 e. The van der Waals surface area contributed by atoms with Gasteiger partial charge in [0, 0.05) is 29.4 Å². The molecule has 0 aliphatic carbocycles. The van der Waals surface area contributed by atoms with E-state index < -0.39 is 0 Å². The number of nitrogens with zero attached hydrogens (tertiary/aromatic N) is 3. The Hall–Kier alpha value is -2.62. The number of aromatic nitrogens is 3. The molecule has 4 heteroatoms. The number of aromatic amines is 1. The van der Waals surface area contributed by atoms with E-state index in [2.05, 4.69) is 82.7 Å². The first-order chi connectivity index (χ1) is 12.3. The molecule has 3 aromatic rings. The molecule has 1 unspecified atom stereocenters. The van der Waals surface area contributed by atoms with Gasteiger partial charge in [-0.3, -0.25) is 0 Å². The van der Waals surface area contributed by atoms with E-state index in [9.17, 15) is 0 Å². The Bertz CT molecular complexity index is 837. The van der Waals surface area contributed by atoms with Gasteiger partial charge >= 0.3 is 0 Å². The SMILES string of the molecule is CC.CCC(C)N1Cc2ccccc2-c2n[nH]nc2-c2ccccc21. The van der Waals surface area contributed by atoms with E-state index in [0.717, 1.165) is 29.9 Å². The molecule has 0 amide bonds. The predicted octanol–water partition coefficient (Wildman–Crippen LogP) is 5.28. The van der Waals surface area contributed by atoms with Crippen molar-refractivity contribution in [1.29, 1.82) is 0 Å². The first kappa shape index (κ1) is 17.2. The lowest BCUT2D eigenvalue weighted by atomic mass is 9.95. The van der Waals surface area contributed by atoms with Gasteiger partial charge in [-0.15, -0.1) is 0 Å². The lowest BCUT2D eigenvalue weighted by Gasteiger charge is -2.34. The third-order valence-electron chi connectivity index (χ3n) is 4.75.